The Morgan fingerprint density at radius 3 is 2.87 bits per heavy atom. The quantitative estimate of drug-likeness (QED) is 0.482. The number of hydrogen-bond acceptors (Lipinski definition) is 5. The van der Waals surface area contributed by atoms with E-state index in [1.807, 2.05) is 6.07 Å². The monoisotopic (exact) mass is 451 g/mol. The number of halogens is 2. The second-order valence-electron chi connectivity index (χ2n) is 4.84. The molecule has 0 aliphatic heterocycles. The Kier molecular flexibility index (Phi) is 3.47. The van der Waals surface area contributed by atoms with Gasteiger partial charge in [0.15, 0.2) is 10.6 Å². The third kappa shape index (κ3) is 2.46. The van der Waals surface area contributed by atoms with Crippen LogP contribution in [0.3, 0.4) is 0 Å². The highest BCUT2D eigenvalue weighted by molar-refractivity contribution is 9.10. The fourth-order valence-electron chi connectivity index (χ4n) is 2.30. The molecule has 0 aliphatic carbocycles. The Labute approximate surface area is 150 Å². The van der Waals surface area contributed by atoms with E-state index in [9.17, 15) is 9.90 Å². The molecule has 4 rings (SSSR count). The fraction of sp³-hybridized carbons (Fsp3) is 0. The van der Waals surface area contributed by atoms with Gasteiger partial charge in [-0.15, -0.1) is 0 Å². The highest BCUT2D eigenvalue weighted by atomic mass is 79.9. The van der Waals surface area contributed by atoms with Gasteiger partial charge in [0.1, 0.15) is 11.3 Å². The number of imidazole rings is 1. The van der Waals surface area contributed by atoms with Crippen molar-refractivity contribution in [3.05, 3.63) is 59.9 Å². The van der Waals surface area contributed by atoms with Crippen LogP contribution in [0.2, 0.25) is 0 Å². The van der Waals surface area contributed by atoms with Crippen molar-refractivity contribution >= 4 is 65.4 Å². The van der Waals surface area contributed by atoms with E-state index in [1.165, 1.54) is 15.7 Å². The van der Waals surface area contributed by atoms with E-state index in [-0.39, 0.29) is 11.3 Å². The number of aromatic hydroxyl groups is 1. The van der Waals surface area contributed by atoms with Crippen LogP contribution in [-0.4, -0.2) is 19.5 Å². The molecule has 114 valence electrons. The predicted octanol–water partition coefficient (Wildman–Crippen LogP) is 3.08. The number of hydrogen-bond donors (Lipinski definition) is 1. The minimum absolute atomic E-state index is 0.116. The molecule has 5 nitrogen and oxygen atoms in total. The third-order valence-electron chi connectivity index (χ3n) is 3.32. The number of benzene rings is 1. The molecule has 0 atom stereocenters. The summed E-state index contributed by atoms with van der Waals surface area (Å²) in [5, 5.41) is 9.93. The van der Waals surface area contributed by atoms with Gasteiger partial charge < -0.3 is 5.11 Å². The number of fused-ring (bicyclic) bond motifs is 3. The van der Waals surface area contributed by atoms with Crippen LogP contribution in [0.4, 0.5) is 0 Å². The Morgan fingerprint density at radius 2 is 2.04 bits per heavy atom. The molecule has 3 aromatic heterocycles. The van der Waals surface area contributed by atoms with Crippen LogP contribution in [0.25, 0.3) is 22.2 Å². The largest absolute Gasteiger partial charge is 0.507 e. The van der Waals surface area contributed by atoms with E-state index in [1.54, 1.807) is 30.5 Å². The van der Waals surface area contributed by atoms with Gasteiger partial charge in [-0.25, -0.2) is 14.4 Å². The molecule has 0 fully saturated rings. The van der Waals surface area contributed by atoms with Crippen LogP contribution < -0.4 is 10.1 Å². The molecule has 0 bridgehead atoms. The van der Waals surface area contributed by atoms with E-state index in [2.05, 4.69) is 41.8 Å². The maximum atomic E-state index is 12.6. The molecule has 0 saturated heterocycles. The number of nitrogens with zero attached hydrogens (tertiary/aromatic N) is 3. The van der Waals surface area contributed by atoms with Gasteiger partial charge in [0.25, 0.3) is 5.56 Å². The van der Waals surface area contributed by atoms with Crippen molar-refractivity contribution in [1.82, 2.24) is 14.4 Å². The molecular formula is C15H7Br2N3O2S. The van der Waals surface area contributed by atoms with Crippen LogP contribution in [0.15, 0.2) is 44.2 Å². The lowest BCUT2D eigenvalue weighted by Crippen LogP contribution is -2.22. The number of phenols is 1. The Bertz CT molecular complexity index is 1180. The lowest BCUT2D eigenvalue weighted by atomic mass is 10.2. The average Bonchev–Trinajstić information content (AvgIpc) is 2.99. The summed E-state index contributed by atoms with van der Waals surface area (Å²) in [5.74, 6) is 0.116. The normalized spacial score (nSPS) is 12.5. The lowest BCUT2D eigenvalue weighted by Gasteiger charge is -1.98. The molecule has 0 saturated carbocycles. The zero-order chi connectivity index (χ0) is 16.1. The molecule has 23 heavy (non-hydrogen) atoms. The lowest BCUT2D eigenvalue weighted by molar-refractivity contribution is 0.474. The molecule has 0 aliphatic rings. The molecule has 0 radical (unpaired) electrons. The van der Waals surface area contributed by atoms with Gasteiger partial charge in [0, 0.05) is 20.7 Å². The van der Waals surface area contributed by atoms with Crippen molar-refractivity contribution in [2.75, 3.05) is 0 Å². The number of phenolic OH excluding ortho intramolecular Hbond substituents is 1. The smallest absolute Gasteiger partial charge is 0.276 e. The highest BCUT2D eigenvalue weighted by Crippen LogP contribution is 2.23. The first-order chi connectivity index (χ1) is 11.0. The van der Waals surface area contributed by atoms with Crippen LogP contribution in [0.5, 0.6) is 5.75 Å². The van der Waals surface area contributed by atoms with E-state index in [0.717, 1.165) is 8.95 Å². The predicted molar refractivity (Wildman–Crippen MR) is 96.9 cm³/mol. The van der Waals surface area contributed by atoms with E-state index >= 15 is 0 Å². The van der Waals surface area contributed by atoms with Crippen LogP contribution in [-0.2, 0) is 0 Å². The number of rotatable bonds is 1. The first-order valence-electron chi connectivity index (χ1n) is 6.50. The number of thiazole rings is 1. The molecule has 0 unspecified atom stereocenters. The molecule has 1 aromatic carbocycles. The Balaban J connectivity index is 2.02. The molecule has 3 heterocycles. The van der Waals surface area contributed by atoms with E-state index < -0.39 is 0 Å². The van der Waals surface area contributed by atoms with Crippen molar-refractivity contribution in [1.29, 1.82) is 0 Å². The van der Waals surface area contributed by atoms with Gasteiger partial charge in [-0.05, 0) is 46.3 Å². The fourth-order valence-corrected chi connectivity index (χ4v) is 3.96. The van der Waals surface area contributed by atoms with Crippen molar-refractivity contribution < 1.29 is 5.11 Å². The van der Waals surface area contributed by atoms with Crippen LogP contribution >= 0.6 is 43.2 Å². The van der Waals surface area contributed by atoms with Gasteiger partial charge in [0.2, 0.25) is 0 Å². The van der Waals surface area contributed by atoms with Gasteiger partial charge in [-0.3, -0.25) is 4.79 Å². The Hall–Kier alpha value is -1.77. The zero-order valence-corrected chi connectivity index (χ0v) is 15.3. The minimum atomic E-state index is -0.193. The second-order valence-corrected chi connectivity index (χ2v) is 7.69. The first kappa shape index (κ1) is 14.8. The summed E-state index contributed by atoms with van der Waals surface area (Å²) in [6.07, 6.45) is 3.30. The zero-order valence-electron chi connectivity index (χ0n) is 11.3. The first-order valence-corrected chi connectivity index (χ1v) is 8.90. The standard InChI is InChI=1S/C15H7Br2N3O2S/c16-8-1-2-11(21)7(3-8)4-12-14(22)20-13-10(19-15(20)23-12)5-9(17)6-18-13/h1-6,21H/b12-4-. The summed E-state index contributed by atoms with van der Waals surface area (Å²) >= 11 is 7.97. The minimum Gasteiger partial charge on any atom is -0.507 e. The maximum absolute atomic E-state index is 12.6. The summed E-state index contributed by atoms with van der Waals surface area (Å²) in [6.45, 7) is 0. The summed E-state index contributed by atoms with van der Waals surface area (Å²) in [5.41, 5.74) is 1.57. The van der Waals surface area contributed by atoms with Crippen molar-refractivity contribution in [2.45, 2.75) is 0 Å². The molecule has 0 spiro atoms. The maximum Gasteiger partial charge on any atom is 0.276 e. The van der Waals surface area contributed by atoms with Gasteiger partial charge in [0.05, 0.1) is 4.53 Å². The number of pyridine rings is 1. The second kappa shape index (κ2) is 5.40. The topological polar surface area (TPSA) is 67.5 Å². The van der Waals surface area contributed by atoms with E-state index in [4.69, 9.17) is 0 Å². The van der Waals surface area contributed by atoms with Gasteiger partial charge in [-0.1, -0.05) is 27.3 Å². The van der Waals surface area contributed by atoms with E-state index in [0.29, 0.717) is 26.2 Å². The van der Waals surface area contributed by atoms with Gasteiger partial charge in [-0.2, -0.15) is 0 Å². The molecule has 4 aromatic rings. The summed E-state index contributed by atoms with van der Waals surface area (Å²) in [4.78, 5) is 21.9. The molecule has 1 N–H and O–H groups in total. The van der Waals surface area contributed by atoms with Crippen LogP contribution in [0.1, 0.15) is 5.56 Å². The van der Waals surface area contributed by atoms with Gasteiger partial charge >= 0.3 is 0 Å². The highest BCUT2D eigenvalue weighted by Gasteiger charge is 2.13. The number of aromatic nitrogens is 3. The average molecular weight is 453 g/mol. The summed E-state index contributed by atoms with van der Waals surface area (Å²) < 4.78 is 3.63. The van der Waals surface area contributed by atoms with Crippen molar-refractivity contribution in [3.8, 4) is 5.75 Å². The molecule has 8 heteroatoms. The summed E-state index contributed by atoms with van der Waals surface area (Å²) in [7, 11) is 0. The molecule has 0 amide bonds. The summed E-state index contributed by atoms with van der Waals surface area (Å²) in [6, 6.07) is 6.89. The SMILES string of the molecule is O=c1/c(=C/c2cc(Br)ccc2O)sc2nc3cc(Br)cnc3n12. The third-order valence-corrected chi connectivity index (χ3v) is 5.22. The molecular weight excluding hydrogens is 446 g/mol. The Morgan fingerprint density at radius 1 is 1.22 bits per heavy atom. The van der Waals surface area contributed by atoms with Crippen molar-refractivity contribution in [3.63, 3.8) is 0 Å². The van der Waals surface area contributed by atoms with Crippen molar-refractivity contribution in [2.24, 2.45) is 0 Å². The van der Waals surface area contributed by atoms with Crippen LogP contribution in [0, 0.1) is 0 Å².